The Hall–Kier alpha value is -4.28. The Kier molecular flexibility index (Phi) is 10.7. The number of fused-ring (bicyclic) bond motifs is 1. The molecule has 48 heavy (non-hydrogen) atoms. The van der Waals surface area contributed by atoms with Gasteiger partial charge in [-0.1, -0.05) is 42.5 Å². The van der Waals surface area contributed by atoms with Gasteiger partial charge in [0.2, 0.25) is 17.6 Å². The number of rotatable bonds is 14. The van der Waals surface area contributed by atoms with E-state index in [0.717, 1.165) is 74.7 Å². The fourth-order valence-corrected chi connectivity index (χ4v) is 7.25. The quantitative estimate of drug-likeness (QED) is 0.175. The smallest absolute Gasteiger partial charge is 0.227 e. The molecule has 2 aliphatic heterocycles. The molecule has 2 aliphatic rings. The van der Waals surface area contributed by atoms with Crippen LogP contribution in [0, 0.1) is 0 Å². The Morgan fingerprint density at radius 2 is 1.58 bits per heavy atom. The number of nitrogens with zero attached hydrogens (tertiary/aromatic N) is 5. The van der Waals surface area contributed by atoms with Gasteiger partial charge in [0.05, 0.1) is 45.4 Å². The molecule has 1 aromatic heterocycles. The molecule has 2 fully saturated rings. The maximum Gasteiger partial charge on any atom is 0.227 e. The van der Waals surface area contributed by atoms with Gasteiger partial charge >= 0.3 is 0 Å². The topological polar surface area (TPSA) is 81.5 Å². The standard InChI is InChI=1S/C38H49N5O5/c1-5-48-23-22-43-32-15-10-9-14-31(32)39-37(43)41-18-11-17-40(20-21-41)19-16-38(30-12-7-6-8-13-30)27-42(28-38)35(44)26-29-24-33(45-2)36(47-4)34(25-29)46-3/h6-10,12-15,24-25H,5,11,16-23,26-28H2,1-4H3. The van der Waals surface area contributed by atoms with E-state index in [2.05, 4.69) is 69.0 Å². The first kappa shape index (κ1) is 33.6. The van der Waals surface area contributed by atoms with Gasteiger partial charge in [-0.3, -0.25) is 4.79 Å². The number of para-hydroxylation sites is 2. The first-order valence-electron chi connectivity index (χ1n) is 17.1. The van der Waals surface area contributed by atoms with Gasteiger partial charge in [0.1, 0.15) is 0 Å². The molecule has 0 unspecified atom stereocenters. The number of aromatic nitrogens is 2. The summed E-state index contributed by atoms with van der Waals surface area (Å²) in [6, 6.07) is 22.8. The van der Waals surface area contributed by atoms with Gasteiger partial charge in [-0.2, -0.15) is 0 Å². The Bertz CT molecular complexity index is 1640. The zero-order valence-electron chi connectivity index (χ0n) is 28.8. The predicted molar refractivity (Wildman–Crippen MR) is 189 cm³/mol. The zero-order chi connectivity index (χ0) is 33.5. The number of ether oxygens (including phenoxy) is 4. The van der Waals surface area contributed by atoms with E-state index in [9.17, 15) is 4.79 Å². The van der Waals surface area contributed by atoms with Gasteiger partial charge in [0, 0.05) is 51.3 Å². The number of imidazole rings is 1. The van der Waals surface area contributed by atoms with E-state index in [1.165, 1.54) is 5.56 Å². The van der Waals surface area contributed by atoms with Crippen LogP contribution in [0.5, 0.6) is 17.2 Å². The largest absolute Gasteiger partial charge is 0.493 e. The molecule has 0 aliphatic carbocycles. The average molecular weight is 656 g/mol. The molecule has 256 valence electrons. The van der Waals surface area contributed by atoms with Crippen molar-refractivity contribution >= 4 is 22.9 Å². The normalized spacial score (nSPS) is 16.4. The van der Waals surface area contributed by atoms with Gasteiger partial charge in [0.25, 0.3) is 0 Å². The van der Waals surface area contributed by atoms with Crippen LogP contribution < -0.4 is 19.1 Å². The molecular formula is C38H49N5O5. The van der Waals surface area contributed by atoms with Crippen LogP contribution in [0.1, 0.15) is 30.9 Å². The number of amides is 1. The fraction of sp³-hybridized carbons (Fsp3) is 0.474. The number of benzene rings is 3. The third-order valence-electron chi connectivity index (χ3n) is 9.88. The van der Waals surface area contributed by atoms with Crippen molar-refractivity contribution in [3.63, 3.8) is 0 Å². The summed E-state index contributed by atoms with van der Waals surface area (Å²) in [5, 5.41) is 0. The Morgan fingerprint density at radius 1 is 0.854 bits per heavy atom. The van der Waals surface area contributed by atoms with E-state index in [1.54, 1.807) is 21.3 Å². The second-order valence-electron chi connectivity index (χ2n) is 12.8. The Morgan fingerprint density at radius 3 is 2.29 bits per heavy atom. The average Bonchev–Trinajstić information content (AvgIpc) is 3.29. The highest BCUT2D eigenvalue weighted by Gasteiger charge is 2.46. The molecule has 3 aromatic carbocycles. The van der Waals surface area contributed by atoms with Crippen LogP contribution in [0.4, 0.5) is 5.95 Å². The van der Waals surface area contributed by atoms with Crippen molar-refractivity contribution in [1.82, 2.24) is 19.4 Å². The molecule has 2 saturated heterocycles. The fourth-order valence-electron chi connectivity index (χ4n) is 7.25. The second-order valence-corrected chi connectivity index (χ2v) is 12.8. The first-order valence-corrected chi connectivity index (χ1v) is 17.1. The number of hydrogen-bond donors (Lipinski definition) is 0. The molecule has 3 heterocycles. The van der Waals surface area contributed by atoms with Crippen LogP contribution >= 0.6 is 0 Å². The molecular weight excluding hydrogens is 606 g/mol. The van der Waals surface area contributed by atoms with Crippen molar-refractivity contribution in [1.29, 1.82) is 0 Å². The lowest BCUT2D eigenvalue weighted by Crippen LogP contribution is -2.62. The molecule has 10 nitrogen and oxygen atoms in total. The molecule has 0 N–H and O–H groups in total. The summed E-state index contributed by atoms with van der Waals surface area (Å²) in [6.07, 6.45) is 2.35. The molecule has 0 atom stereocenters. The lowest BCUT2D eigenvalue weighted by molar-refractivity contribution is -0.138. The minimum absolute atomic E-state index is 0.0640. The van der Waals surface area contributed by atoms with Crippen molar-refractivity contribution in [3.05, 3.63) is 77.9 Å². The van der Waals surface area contributed by atoms with Crippen LogP contribution in [0.3, 0.4) is 0 Å². The highest BCUT2D eigenvalue weighted by molar-refractivity contribution is 5.81. The minimum atomic E-state index is -0.0640. The summed E-state index contributed by atoms with van der Waals surface area (Å²) in [5.41, 5.74) is 4.27. The summed E-state index contributed by atoms with van der Waals surface area (Å²) in [6.45, 7) is 10.5. The Labute approximate surface area is 284 Å². The van der Waals surface area contributed by atoms with Crippen molar-refractivity contribution in [2.45, 2.75) is 38.1 Å². The van der Waals surface area contributed by atoms with Gasteiger partial charge in [-0.15, -0.1) is 0 Å². The zero-order valence-corrected chi connectivity index (χ0v) is 28.8. The number of hydrogen-bond acceptors (Lipinski definition) is 8. The molecule has 0 saturated carbocycles. The summed E-state index contributed by atoms with van der Waals surface area (Å²) in [7, 11) is 4.77. The highest BCUT2D eigenvalue weighted by atomic mass is 16.5. The summed E-state index contributed by atoms with van der Waals surface area (Å²) >= 11 is 0. The lowest BCUT2D eigenvalue weighted by Gasteiger charge is -2.51. The highest BCUT2D eigenvalue weighted by Crippen LogP contribution is 2.41. The molecule has 0 radical (unpaired) electrons. The number of likely N-dealkylation sites (tertiary alicyclic amines) is 1. The van der Waals surface area contributed by atoms with E-state index < -0.39 is 0 Å². The minimum Gasteiger partial charge on any atom is -0.493 e. The van der Waals surface area contributed by atoms with E-state index in [1.807, 2.05) is 24.0 Å². The van der Waals surface area contributed by atoms with E-state index in [0.29, 0.717) is 43.6 Å². The monoisotopic (exact) mass is 655 g/mol. The van der Waals surface area contributed by atoms with Gasteiger partial charge in [-0.25, -0.2) is 4.98 Å². The number of carbonyl (C=O) groups is 1. The van der Waals surface area contributed by atoms with E-state index in [-0.39, 0.29) is 17.7 Å². The van der Waals surface area contributed by atoms with E-state index in [4.69, 9.17) is 23.9 Å². The number of carbonyl (C=O) groups excluding carboxylic acids is 1. The van der Waals surface area contributed by atoms with Crippen LogP contribution in [0.25, 0.3) is 11.0 Å². The Balaban J connectivity index is 1.11. The van der Waals surface area contributed by atoms with Crippen LogP contribution in [-0.2, 0) is 27.9 Å². The van der Waals surface area contributed by atoms with Gasteiger partial charge in [-0.05, 0) is 68.2 Å². The third-order valence-corrected chi connectivity index (χ3v) is 9.88. The van der Waals surface area contributed by atoms with Crippen LogP contribution in [-0.4, -0.2) is 106 Å². The maximum absolute atomic E-state index is 13.5. The molecule has 6 rings (SSSR count). The van der Waals surface area contributed by atoms with Crippen molar-refractivity contribution in [3.8, 4) is 17.2 Å². The molecule has 10 heteroatoms. The first-order chi connectivity index (χ1) is 23.5. The predicted octanol–water partition coefficient (Wildman–Crippen LogP) is 5.02. The second kappa shape index (κ2) is 15.3. The number of methoxy groups -OCH3 is 3. The van der Waals surface area contributed by atoms with Crippen molar-refractivity contribution in [2.24, 2.45) is 0 Å². The third kappa shape index (κ3) is 7.10. The summed E-state index contributed by atoms with van der Waals surface area (Å²) in [5.74, 6) is 2.79. The van der Waals surface area contributed by atoms with Crippen molar-refractivity contribution < 1.29 is 23.7 Å². The SMILES string of the molecule is CCOCCn1c(N2CCCN(CCC3(c4ccccc4)CN(C(=O)Cc4cc(OC)c(OC)c(OC)c4)C3)CC2)nc2ccccc21. The lowest BCUT2D eigenvalue weighted by atomic mass is 9.71. The molecule has 4 aromatic rings. The van der Waals surface area contributed by atoms with Crippen LogP contribution in [0.15, 0.2) is 66.7 Å². The molecule has 0 spiro atoms. The van der Waals surface area contributed by atoms with Crippen LogP contribution in [0.2, 0.25) is 0 Å². The summed E-state index contributed by atoms with van der Waals surface area (Å²) < 4.78 is 24.5. The molecule has 1 amide bonds. The maximum atomic E-state index is 13.5. The van der Waals surface area contributed by atoms with E-state index >= 15 is 0 Å². The van der Waals surface area contributed by atoms with Crippen molar-refractivity contribution in [2.75, 3.05) is 85.3 Å². The van der Waals surface area contributed by atoms with Gasteiger partial charge in [0.15, 0.2) is 11.5 Å². The molecule has 0 bridgehead atoms. The summed E-state index contributed by atoms with van der Waals surface area (Å²) in [4.78, 5) is 25.7. The van der Waals surface area contributed by atoms with Gasteiger partial charge < -0.3 is 38.2 Å². The number of anilines is 1.